The monoisotopic (exact) mass is 391 g/mol. The third-order valence-electron chi connectivity index (χ3n) is 5.18. The summed E-state index contributed by atoms with van der Waals surface area (Å²) < 4.78 is 5.87. The molecule has 0 aromatic heterocycles. The Morgan fingerprint density at radius 3 is 2.41 bits per heavy atom. The molecule has 1 saturated heterocycles. The van der Waals surface area contributed by atoms with Crippen molar-refractivity contribution in [2.24, 2.45) is 0 Å². The lowest BCUT2D eigenvalue weighted by Gasteiger charge is -2.37. The Morgan fingerprint density at radius 1 is 1.10 bits per heavy atom. The first-order valence-corrected chi connectivity index (χ1v) is 9.72. The second-order valence-corrected chi connectivity index (χ2v) is 7.24. The summed E-state index contributed by atoms with van der Waals surface area (Å²) in [7, 11) is 0. The van der Waals surface area contributed by atoms with Crippen molar-refractivity contribution in [1.29, 1.82) is 5.26 Å². The molecule has 0 spiro atoms. The number of nitriles is 1. The summed E-state index contributed by atoms with van der Waals surface area (Å²) in [5, 5.41) is 9.19. The number of aryl methyl sites for hydroxylation is 1. The van der Waals surface area contributed by atoms with Gasteiger partial charge in [-0.3, -0.25) is 9.59 Å². The van der Waals surface area contributed by atoms with Gasteiger partial charge in [0.2, 0.25) is 0 Å². The quantitative estimate of drug-likeness (QED) is 0.732. The lowest BCUT2D eigenvalue weighted by Crippen LogP contribution is -2.52. The first-order chi connectivity index (χ1) is 13.9. The van der Waals surface area contributed by atoms with E-state index in [0.717, 1.165) is 11.3 Å². The normalized spacial score (nSPS) is 14.8. The van der Waals surface area contributed by atoms with Gasteiger partial charge in [0.1, 0.15) is 5.75 Å². The predicted octanol–water partition coefficient (Wildman–Crippen LogP) is 3.19. The molecule has 2 aromatic carbocycles. The van der Waals surface area contributed by atoms with E-state index in [-0.39, 0.29) is 11.7 Å². The number of benzene rings is 2. The Kier molecular flexibility index (Phi) is 6.18. The fraction of sp³-hybridized carbons (Fsp3) is 0.348. The van der Waals surface area contributed by atoms with Crippen LogP contribution < -0.4 is 9.64 Å². The first kappa shape index (κ1) is 20.4. The lowest BCUT2D eigenvalue weighted by molar-refractivity contribution is -0.138. The van der Waals surface area contributed by atoms with Gasteiger partial charge >= 0.3 is 0 Å². The number of hydrogen-bond acceptors (Lipinski definition) is 5. The molecule has 1 aliphatic heterocycles. The van der Waals surface area contributed by atoms with E-state index in [2.05, 4.69) is 11.0 Å². The number of hydrogen-bond donors (Lipinski definition) is 0. The number of carbonyl (C=O) groups excluding carboxylic acids is 2. The molecule has 3 rings (SSSR count). The maximum Gasteiger partial charge on any atom is 0.263 e. The number of ether oxygens (including phenoxy) is 1. The highest BCUT2D eigenvalue weighted by molar-refractivity contribution is 6.00. The Morgan fingerprint density at radius 2 is 1.79 bits per heavy atom. The third-order valence-corrected chi connectivity index (χ3v) is 5.18. The van der Waals surface area contributed by atoms with Crippen molar-refractivity contribution in [3.05, 3.63) is 59.2 Å². The predicted molar refractivity (Wildman–Crippen MR) is 111 cm³/mol. The summed E-state index contributed by atoms with van der Waals surface area (Å²) in [5.74, 6) is 0.625. The third kappa shape index (κ3) is 4.57. The molecule has 1 fully saturated rings. The standard InChI is InChI=1S/C23H25N3O3/c1-16-6-4-5-7-22(16)29-18(3)23(28)26-12-10-25(11-13-26)21-14-19(15-24)8-9-20(21)17(2)27/h4-9,14,18H,10-13H2,1-3H3. The van der Waals surface area contributed by atoms with Gasteiger partial charge < -0.3 is 14.5 Å². The average Bonchev–Trinajstić information content (AvgIpc) is 2.74. The van der Waals surface area contributed by atoms with E-state index in [0.29, 0.717) is 43.1 Å². The van der Waals surface area contributed by atoms with Crippen molar-refractivity contribution < 1.29 is 14.3 Å². The van der Waals surface area contributed by atoms with Crippen LogP contribution in [0.4, 0.5) is 5.69 Å². The Bertz CT molecular complexity index is 956. The number of amides is 1. The van der Waals surface area contributed by atoms with Crippen molar-refractivity contribution in [3.8, 4) is 11.8 Å². The van der Waals surface area contributed by atoms with Gasteiger partial charge in [-0.05, 0) is 50.6 Å². The molecular formula is C23H25N3O3. The van der Waals surface area contributed by atoms with Crippen LogP contribution in [0.15, 0.2) is 42.5 Å². The van der Waals surface area contributed by atoms with Crippen LogP contribution in [0.1, 0.15) is 35.3 Å². The zero-order chi connectivity index (χ0) is 21.0. The van der Waals surface area contributed by atoms with E-state index in [4.69, 9.17) is 4.74 Å². The summed E-state index contributed by atoms with van der Waals surface area (Å²) in [5.41, 5.74) is 2.86. The molecule has 1 amide bonds. The number of ketones is 1. The molecule has 1 atom stereocenters. The van der Waals surface area contributed by atoms with Crippen molar-refractivity contribution in [1.82, 2.24) is 4.90 Å². The van der Waals surface area contributed by atoms with Crippen LogP contribution in [0, 0.1) is 18.3 Å². The molecule has 0 saturated carbocycles. The zero-order valence-electron chi connectivity index (χ0n) is 17.0. The van der Waals surface area contributed by atoms with Crippen LogP contribution in [-0.4, -0.2) is 48.9 Å². The van der Waals surface area contributed by atoms with E-state index in [1.54, 1.807) is 30.0 Å². The van der Waals surface area contributed by atoms with Gasteiger partial charge in [-0.1, -0.05) is 18.2 Å². The maximum absolute atomic E-state index is 12.8. The number of anilines is 1. The van der Waals surface area contributed by atoms with Crippen LogP contribution in [0.2, 0.25) is 0 Å². The smallest absolute Gasteiger partial charge is 0.263 e. The van der Waals surface area contributed by atoms with E-state index >= 15 is 0 Å². The number of carbonyl (C=O) groups is 2. The van der Waals surface area contributed by atoms with Crippen molar-refractivity contribution in [3.63, 3.8) is 0 Å². The minimum Gasteiger partial charge on any atom is -0.481 e. The second-order valence-electron chi connectivity index (χ2n) is 7.24. The number of nitrogens with zero attached hydrogens (tertiary/aromatic N) is 3. The number of para-hydroxylation sites is 1. The van der Waals surface area contributed by atoms with E-state index in [1.807, 2.05) is 31.2 Å². The average molecular weight is 391 g/mol. The molecule has 0 radical (unpaired) electrons. The minimum atomic E-state index is -0.572. The highest BCUT2D eigenvalue weighted by atomic mass is 16.5. The van der Waals surface area contributed by atoms with Gasteiger partial charge in [0, 0.05) is 37.4 Å². The SMILES string of the molecule is CC(=O)c1ccc(C#N)cc1N1CCN(C(=O)C(C)Oc2ccccc2C)CC1. The summed E-state index contributed by atoms with van der Waals surface area (Å²) in [6, 6.07) is 14.9. The summed E-state index contributed by atoms with van der Waals surface area (Å²) in [6.45, 7) is 7.51. The van der Waals surface area contributed by atoms with Gasteiger partial charge in [0.25, 0.3) is 5.91 Å². The maximum atomic E-state index is 12.8. The molecule has 0 aliphatic carbocycles. The summed E-state index contributed by atoms with van der Waals surface area (Å²) in [6.07, 6.45) is -0.572. The molecule has 29 heavy (non-hydrogen) atoms. The van der Waals surface area contributed by atoms with Gasteiger partial charge in [-0.15, -0.1) is 0 Å². The topological polar surface area (TPSA) is 73.6 Å². The molecule has 1 heterocycles. The zero-order valence-corrected chi connectivity index (χ0v) is 17.0. The van der Waals surface area contributed by atoms with Gasteiger partial charge in [-0.2, -0.15) is 5.26 Å². The van der Waals surface area contributed by atoms with Gasteiger partial charge in [-0.25, -0.2) is 0 Å². The number of rotatable bonds is 5. The Balaban J connectivity index is 1.66. The van der Waals surface area contributed by atoms with Crippen molar-refractivity contribution in [2.45, 2.75) is 26.9 Å². The van der Waals surface area contributed by atoms with E-state index < -0.39 is 6.10 Å². The second kappa shape index (κ2) is 8.78. The molecule has 150 valence electrons. The molecule has 1 aliphatic rings. The number of piperazine rings is 1. The molecule has 0 N–H and O–H groups in total. The van der Waals surface area contributed by atoms with Gasteiger partial charge in [0.15, 0.2) is 11.9 Å². The lowest BCUT2D eigenvalue weighted by atomic mass is 10.0. The van der Waals surface area contributed by atoms with Gasteiger partial charge in [0.05, 0.1) is 11.6 Å². The Hall–Kier alpha value is -3.33. The van der Waals surface area contributed by atoms with Crippen LogP contribution in [0.3, 0.4) is 0 Å². The molecule has 6 nitrogen and oxygen atoms in total. The van der Waals surface area contributed by atoms with Crippen molar-refractivity contribution >= 4 is 17.4 Å². The van der Waals surface area contributed by atoms with Crippen LogP contribution in [-0.2, 0) is 4.79 Å². The minimum absolute atomic E-state index is 0.0387. The van der Waals surface area contributed by atoms with Crippen LogP contribution in [0.25, 0.3) is 0 Å². The molecule has 1 unspecified atom stereocenters. The fourth-order valence-corrected chi connectivity index (χ4v) is 3.51. The number of Topliss-reactive ketones (excluding diaryl/α,β-unsaturated/α-hetero) is 1. The fourth-order valence-electron chi connectivity index (χ4n) is 3.51. The summed E-state index contributed by atoms with van der Waals surface area (Å²) in [4.78, 5) is 28.7. The largest absolute Gasteiger partial charge is 0.481 e. The molecular weight excluding hydrogens is 366 g/mol. The highest BCUT2D eigenvalue weighted by Crippen LogP contribution is 2.25. The highest BCUT2D eigenvalue weighted by Gasteiger charge is 2.27. The first-order valence-electron chi connectivity index (χ1n) is 9.72. The Labute approximate surface area is 171 Å². The summed E-state index contributed by atoms with van der Waals surface area (Å²) >= 11 is 0. The molecule has 2 aromatic rings. The molecule has 6 heteroatoms. The van der Waals surface area contributed by atoms with E-state index in [1.165, 1.54) is 6.92 Å². The van der Waals surface area contributed by atoms with Crippen LogP contribution >= 0.6 is 0 Å². The van der Waals surface area contributed by atoms with Crippen molar-refractivity contribution in [2.75, 3.05) is 31.1 Å². The van der Waals surface area contributed by atoms with E-state index in [9.17, 15) is 14.9 Å². The molecule has 0 bridgehead atoms. The van der Waals surface area contributed by atoms with Crippen LogP contribution in [0.5, 0.6) is 5.75 Å².